The minimum Gasteiger partial charge on any atom is -0.277 e. The molecule has 0 bridgehead atoms. The van der Waals surface area contributed by atoms with Crippen LogP contribution in [0.15, 0.2) is 39.7 Å². The van der Waals surface area contributed by atoms with E-state index in [0.29, 0.717) is 12.1 Å². The van der Waals surface area contributed by atoms with Crippen molar-refractivity contribution in [3.05, 3.63) is 57.3 Å². The fourth-order valence-electron chi connectivity index (χ4n) is 1.48. The predicted octanol–water partition coefficient (Wildman–Crippen LogP) is 4.32. The summed E-state index contributed by atoms with van der Waals surface area (Å²) in [4.78, 5) is -0.492. The summed E-state index contributed by atoms with van der Waals surface area (Å²) >= 11 is 8.72. The van der Waals surface area contributed by atoms with Crippen LogP contribution >= 0.6 is 27.5 Å². The molecule has 0 aromatic heterocycles. The van der Waals surface area contributed by atoms with Crippen LogP contribution in [0.25, 0.3) is 0 Å². The van der Waals surface area contributed by atoms with Gasteiger partial charge in [-0.25, -0.2) is 21.6 Å². The Morgan fingerprint density at radius 2 is 1.71 bits per heavy atom. The van der Waals surface area contributed by atoms with E-state index in [-0.39, 0.29) is 15.2 Å². The Kier molecular flexibility index (Phi) is 4.50. The first-order valence-corrected chi connectivity index (χ1v) is 7.98. The van der Waals surface area contributed by atoms with Crippen LogP contribution in [-0.2, 0) is 10.0 Å². The van der Waals surface area contributed by atoms with Crippen molar-refractivity contribution in [2.24, 2.45) is 0 Å². The van der Waals surface area contributed by atoms with Gasteiger partial charge in [-0.3, -0.25) is 4.72 Å². The largest absolute Gasteiger partial charge is 0.277 e. The van der Waals surface area contributed by atoms with E-state index < -0.39 is 32.4 Å². The van der Waals surface area contributed by atoms with E-state index in [4.69, 9.17) is 11.6 Å². The zero-order chi connectivity index (χ0) is 15.8. The van der Waals surface area contributed by atoms with E-state index >= 15 is 0 Å². The Morgan fingerprint density at radius 3 is 2.29 bits per heavy atom. The molecule has 2 aromatic carbocycles. The van der Waals surface area contributed by atoms with Crippen LogP contribution in [0, 0.1) is 17.5 Å². The number of nitrogens with one attached hydrogen (secondary N) is 1. The molecule has 21 heavy (non-hydrogen) atoms. The topological polar surface area (TPSA) is 46.2 Å². The summed E-state index contributed by atoms with van der Waals surface area (Å²) in [5.74, 6) is -3.14. The normalized spacial score (nSPS) is 11.5. The number of halogens is 5. The molecule has 0 aliphatic carbocycles. The second-order valence-corrected chi connectivity index (χ2v) is 6.87. The molecule has 0 unspecified atom stereocenters. The summed E-state index contributed by atoms with van der Waals surface area (Å²) in [6.07, 6.45) is 0. The number of hydrogen-bond donors (Lipinski definition) is 1. The van der Waals surface area contributed by atoms with Gasteiger partial charge in [-0.05, 0) is 46.3 Å². The molecule has 0 saturated carbocycles. The second kappa shape index (κ2) is 5.86. The highest BCUT2D eigenvalue weighted by Gasteiger charge is 2.20. The molecule has 0 heterocycles. The molecule has 1 N–H and O–H groups in total. The lowest BCUT2D eigenvalue weighted by Gasteiger charge is -2.11. The third kappa shape index (κ3) is 3.50. The highest BCUT2D eigenvalue weighted by Crippen LogP contribution is 2.33. The molecule has 0 spiro atoms. The average Bonchev–Trinajstić information content (AvgIpc) is 2.37. The highest BCUT2D eigenvalue weighted by atomic mass is 79.9. The number of hydrogen-bond acceptors (Lipinski definition) is 2. The Bertz CT molecular complexity index is 791. The van der Waals surface area contributed by atoms with Gasteiger partial charge in [0.15, 0.2) is 11.6 Å². The second-order valence-electron chi connectivity index (χ2n) is 3.93. The average molecular weight is 401 g/mol. The Morgan fingerprint density at radius 1 is 1.05 bits per heavy atom. The number of benzene rings is 2. The SMILES string of the molecule is O=S(=O)(Nc1c(Cl)cc(F)cc1Br)c1ccc(F)c(F)c1. The molecule has 0 radical (unpaired) electrons. The summed E-state index contributed by atoms with van der Waals surface area (Å²) in [5, 5.41) is -0.187. The predicted molar refractivity (Wildman–Crippen MR) is 76.3 cm³/mol. The smallest absolute Gasteiger partial charge is 0.262 e. The molecular formula is C12H6BrClF3NO2S. The maximum absolute atomic E-state index is 13.1. The van der Waals surface area contributed by atoms with E-state index in [9.17, 15) is 21.6 Å². The number of anilines is 1. The maximum Gasteiger partial charge on any atom is 0.262 e. The van der Waals surface area contributed by atoms with Crippen LogP contribution in [0.4, 0.5) is 18.9 Å². The Labute approximate surface area is 131 Å². The molecule has 0 aliphatic heterocycles. The third-order valence-electron chi connectivity index (χ3n) is 2.44. The minimum absolute atomic E-state index is 0.0682. The van der Waals surface area contributed by atoms with Crippen molar-refractivity contribution >= 4 is 43.2 Å². The van der Waals surface area contributed by atoms with Gasteiger partial charge in [-0.15, -0.1) is 0 Å². The molecular weight excluding hydrogens is 395 g/mol. The Hall–Kier alpha value is -1.25. The van der Waals surface area contributed by atoms with Crippen molar-refractivity contribution in [2.45, 2.75) is 4.90 Å². The van der Waals surface area contributed by atoms with Gasteiger partial charge in [-0.2, -0.15) is 0 Å². The van der Waals surface area contributed by atoms with E-state index in [2.05, 4.69) is 20.7 Å². The zero-order valence-corrected chi connectivity index (χ0v) is 13.2. The van der Waals surface area contributed by atoms with E-state index in [1.54, 1.807) is 0 Å². The van der Waals surface area contributed by atoms with Crippen LogP contribution in [0.2, 0.25) is 5.02 Å². The van der Waals surface area contributed by atoms with Crippen LogP contribution < -0.4 is 4.72 Å². The standard InChI is InChI=1S/C12H6BrClF3NO2S/c13-8-3-6(15)4-9(14)12(8)18-21(19,20)7-1-2-10(16)11(17)5-7/h1-5,18H. The van der Waals surface area contributed by atoms with Gasteiger partial charge >= 0.3 is 0 Å². The molecule has 9 heteroatoms. The molecule has 0 saturated heterocycles. The first kappa shape index (κ1) is 16.1. The zero-order valence-electron chi connectivity index (χ0n) is 10.0. The number of rotatable bonds is 3. The summed E-state index contributed by atoms with van der Waals surface area (Å²) < 4.78 is 65.3. The van der Waals surface area contributed by atoms with E-state index in [1.807, 2.05) is 0 Å². The van der Waals surface area contributed by atoms with Gasteiger partial charge in [0.2, 0.25) is 0 Å². The first-order valence-electron chi connectivity index (χ1n) is 5.33. The van der Waals surface area contributed by atoms with Crippen molar-refractivity contribution in [2.75, 3.05) is 4.72 Å². The molecule has 2 rings (SSSR count). The van der Waals surface area contributed by atoms with Gasteiger partial charge in [0, 0.05) is 4.47 Å². The van der Waals surface area contributed by atoms with Crippen LogP contribution in [-0.4, -0.2) is 8.42 Å². The minimum atomic E-state index is -4.20. The van der Waals surface area contributed by atoms with Gasteiger partial charge in [0.05, 0.1) is 15.6 Å². The van der Waals surface area contributed by atoms with Crippen molar-refractivity contribution in [3.63, 3.8) is 0 Å². The lowest BCUT2D eigenvalue weighted by molar-refractivity contribution is 0.504. The summed E-state index contributed by atoms with van der Waals surface area (Å²) in [7, 11) is -4.20. The van der Waals surface area contributed by atoms with Crippen molar-refractivity contribution in [3.8, 4) is 0 Å². The maximum atomic E-state index is 13.1. The van der Waals surface area contributed by atoms with Crippen molar-refractivity contribution < 1.29 is 21.6 Å². The fraction of sp³-hybridized carbons (Fsp3) is 0. The monoisotopic (exact) mass is 399 g/mol. The van der Waals surface area contributed by atoms with E-state index in [1.165, 1.54) is 0 Å². The van der Waals surface area contributed by atoms with Gasteiger partial charge in [0.1, 0.15) is 5.82 Å². The van der Waals surface area contributed by atoms with Gasteiger partial charge in [-0.1, -0.05) is 11.6 Å². The van der Waals surface area contributed by atoms with Crippen molar-refractivity contribution in [1.29, 1.82) is 0 Å². The summed E-state index contributed by atoms with van der Waals surface area (Å²) in [6.45, 7) is 0. The molecule has 3 nitrogen and oxygen atoms in total. The fourth-order valence-corrected chi connectivity index (χ4v) is 3.68. The molecule has 0 fully saturated rings. The van der Waals surface area contributed by atoms with Gasteiger partial charge < -0.3 is 0 Å². The highest BCUT2D eigenvalue weighted by molar-refractivity contribution is 9.10. The van der Waals surface area contributed by atoms with Crippen LogP contribution in [0.5, 0.6) is 0 Å². The quantitative estimate of drug-likeness (QED) is 0.834. The Balaban J connectivity index is 2.44. The molecule has 0 amide bonds. The van der Waals surface area contributed by atoms with Crippen LogP contribution in [0.1, 0.15) is 0 Å². The summed E-state index contributed by atoms with van der Waals surface area (Å²) in [6, 6.07) is 4.03. The lowest BCUT2D eigenvalue weighted by atomic mass is 10.3. The molecule has 0 aliphatic rings. The molecule has 112 valence electrons. The van der Waals surface area contributed by atoms with Crippen LogP contribution in [0.3, 0.4) is 0 Å². The number of sulfonamides is 1. The lowest BCUT2D eigenvalue weighted by Crippen LogP contribution is -2.14. The molecule has 0 atom stereocenters. The summed E-state index contributed by atoms with van der Waals surface area (Å²) in [5.41, 5.74) is -0.109. The van der Waals surface area contributed by atoms with Gasteiger partial charge in [0.25, 0.3) is 10.0 Å². The first-order chi connectivity index (χ1) is 9.70. The molecule has 2 aromatic rings. The van der Waals surface area contributed by atoms with Crippen molar-refractivity contribution in [1.82, 2.24) is 0 Å². The third-order valence-corrected chi connectivity index (χ3v) is 4.72. The van der Waals surface area contributed by atoms with E-state index in [0.717, 1.165) is 18.2 Å².